The molecule has 0 aliphatic heterocycles. The van der Waals surface area contributed by atoms with Crippen molar-refractivity contribution in [3.63, 3.8) is 0 Å². The van der Waals surface area contributed by atoms with Crippen molar-refractivity contribution in [1.82, 2.24) is 10.1 Å². The Morgan fingerprint density at radius 3 is 2.50 bits per heavy atom. The summed E-state index contributed by atoms with van der Waals surface area (Å²) in [7, 11) is 0. The third-order valence-corrected chi connectivity index (χ3v) is 3.57. The topological polar surface area (TPSA) is 64.9 Å². The van der Waals surface area contributed by atoms with Crippen LogP contribution in [0.25, 0.3) is 11.4 Å². The second kappa shape index (κ2) is 4.80. The second-order valence-corrected chi connectivity index (χ2v) is 4.91. The fourth-order valence-corrected chi connectivity index (χ4v) is 2.50. The Kier molecular flexibility index (Phi) is 3.00. The van der Waals surface area contributed by atoms with Gasteiger partial charge >= 0.3 is 0 Å². The van der Waals surface area contributed by atoms with E-state index in [1.165, 1.54) is 32.1 Å². The minimum absolute atomic E-state index is 0.453. The van der Waals surface area contributed by atoms with E-state index in [-0.39, 0.29) is 0 Å². The number of hydrogen-bond acceptors (Lipinski definition) is 4. The average molecular weight is 243 g/mol. The number of hydrogen-bond donors (Lipinski definition) is 1. The zero-order chi connectivity index (χ0) is 12.4. The first-order valence-corrected chi connectivity index (χ1v) is 6.52. The molecule has 0 amide bonds. The maximum Gasteiger partial charge on any atom is 0.230 e. The summed E-state index contributed by atoms with van der Waals surface area (Å²) in [6, 6.07) is 7.55. The van der Waals surface area contributed by atoms with Gasteiger partial charge in [0, 0.05) is 17.2 Å². The molecule has 94 valence electrons. The monoisotopic (exact) mass is 243 g/mol. The van der Waals surface area contributed by atoms with E-state index in [4.69, 9.17) is 10.3 Å². The molecule has 0 saturated heterocycles. The molecule has 1 aliphatic carbocycles. The predicted molar refractivity (Wildman–Crippen MR) is 70.0 cm³/mol. The number of nitrogen functional groups attached to an aromatic ring is 1. The van der Waals surface area contributed by atoms with Crippen LogP contribution in [0, 0.1) is 0 Å². The van der Waals surface area contributed by atoms with Gasteiger partial charge in [-0.15, -0.1) is 0 Å². The molecule has 1 aromatic heterocycles. The first-order valence-electron chi connectivity index (χ1n) is 6.52. The van der Waals surface area contributed by atoms with Gasteiger partial charge in [-0.2, -0.15) is 4.98 Å². The van der Waals surface area contributed by atoms with E-state index in [2.05, 4.69) is 10.1 Å². The Morgan fingerprint density at radius 2 is 1.78 bits per heavy atom. The molecule has 3 rings (SSSR count). The van der Waals surface area contributed by atoms with Crippen molar-refractivity contribution in [2.24, 2.45) is 0 Å². The molecule has 0 spiro atoms. The third kappa shape index (κ3) is 2.23. The SMILES string of the molecule is Nc1ccc(-c2noc(C3CCCCC3)n2)cc1. The minimum atomic E-state index is 0.453. The molecule has 0 radical (unpaired) electrons. The molecular formula is C14H17N3O. The van der Waals surface area contributed by atoms with Gasteiger partial charge in [-0.05, 0) is 37.1 Å². The molecule has 1 aliphatic rings. The first-order chi connectivity index (χ1) is 8.83. The van der Waals surface area contributed by atoms with Crippen molar-refractivity contribution in [2.75, 3.05) is 5.73 Å². The molecule has 0 unspecified atom stereocenters. The standard InChI is InChI=1S/C14H17N3O/c15-12-8-6-10(7-9-12)13-16-14(18-17-13)11-4-2-1-3-5-11/h6-9,11H,1-5,15H2. The van der Waals surface area contributed by atoms with E-state index in [9.17, 15) is 0 Å². The normalized spacial score (nSPS) is 16.9. The number of rotatable bonds is 2. The van der Waals surface area contributed by atoms with Crippen LogP contribution in [0.15, 0.2) is 28.8 Å². The molecule has 1 fully saturated rings. The van der Waals surface area contributed by atoms with Gasteiger partial charge in [0.2, 0.25) is 11.7 Å². The molecule has 4 heteroatoms. The highest BCUT2D eigenvalue weighted by Crippen LogP contribution is 2.32. The van der Waals surface area contributed by atoms with Crippen LogP contribution in [0.1, 0.15) is 43.9 Å². The fraction of sp³-hybridized carbons (Fsp3) is 0.429. The highest BCUT2D eigenvalue weighted by atomic mass is 16.5. The molecular weight excluding hydrogens is 226 g/mol. The lowest BCUT2D eigenvalue weighted by Crippen LogP contribution is -2.04. The molecule has 0 bridgehead atoms. The fourth-order valence-electron chi connectivity index (χ4n) is 2.50. The molecule has 2 N–H and O–H groups in total. The Balaban J connectivity index is 1.82. The van der Waals surface area contributed by atoms with Crippen LogP contribution in [-0.4, -0.2) is 10.1 Å². The van der Waals surface area contributed by atoms with Crippen molar-refractivity contribution < 1.29 is 4.52 Å². The van der Waals surface area contributed by atoms with Crippen LogP contribution >= 0.6 is 0 Å². The Bertz CT molecular complexity index is 512. The summed E-state index contributed by atoms with van der Waals surface area (Å²) in [5.41, 5.74) is 7.36. The van der Waals surface area contributed by atoms with E-state index < -0.39 is 0 Å². The molecule has 2 aromatic rings. The Morgan fingerprint density at radius 1 is 1.06 bits per heavy atom. The van der Waals surface area contributed by atoms with Crippen LogP contribution in [0.5, 0.6) is 0 Å². The minimum Gasteiger partial charge on any atom is -0.399 e. The maximum absolute atomic E-state index is 5.66. The van der Waals surface area contributed by atoms with Gasteiger partial charge in [0.1, 0.15) is 0 Å². The number of nitrogens with zero attached hydrogens (tertiary/aromatic N) is 2. The van der Waals surface area contributed by atoms with Gasteiger partial charge in [-0.1, -0.05) is 24.4 Å². The molecule has 1 saturated carbocycles. The van der Waals surface area contributed by atoms with Crippen molar-refractivity contribution in [2.45, 2.75) is 38.0 Å². The van der Waals surface area contributed by atoms with Gasteiger partial charge in [0.05, 0.1) is 0 Å². The Labute approximate surface area is 106 Å². The van der Waals surface area contributed by atoms with Crippen LogP contribution in [0.3, 0.4) is 0 Å². The average Bonchev–Trinajstić information content (AvgIpc) is 2.90. The zero-order valence-electron chi connectivity index (χ0n) is 10.3. The van der Waals surface area contributed by atoms with Gasteiger partial charge in [0.25, 0.3) is 0 Å². The van der Waals surface area contributed by atoms with Crippen LogP contribution in [0.4, 0.5) is 5.69 Å². The van der Waals surface area contributed by atoms with Crippen molar-refractivity contribution >= 4 is 5.69 Å². The number of benzene rings is 1. The predicted octanol–water partition coefficient (Wildman–Crippen LogP) is 3.37. The Hall–Kier alpha value is -1.84. The molecule has 4 nitrogen and oxygen atoms in total. The zero-order valence-corrected chi connectivity index (χ0v) is 10.3. The van der Waals surface area contributed by atoms with E-state index in [0.717, 1.165) is 17.1 Å². The highest BCUT2D eigenvalue weighted by molar-refractivity contribution is 5.58. The van der Waals surface area contributed by atoms with Crippen molar-refractivity contribution in [3.05, 3.63) is 30.2 Å². The lowest BCUT2D eigenvalue weighted by molar-refractivity contribution is 0.314. The van der Waals surface area contributed by atoms with Gasteiger partial charge in [0.15, 0.2) is 0 Å². The number of aromatic nitrogens is 2. The van der Waals surface area contributed by atoms with Crippen molar-refractivity contribution in [3.8, 4) is 11.4 Å². The lowest BCUT2D eigenvalue weighted by atomic mass is 9.89. The van der Waals surface area contributed by atoms with Gasteiger partial charge in [-0.3, -0.25) is 0 Å². The summed E-state index contributed by atoms with van der Waals surface area (Å²) in [4.78, 5) is 4.52. The van der Waals surface area contributed by atoms with Crippen LogP contribution in [0.2, 0.25) is 0 Å². The third-order valence-electron chi connectivity index (χ3n) is 3.57. The molecule has 1 aromatic carbocycles. The molecule has 18 heavy (non-hydrogen) atoms. The number of anilines is 1. The van der Waals surface area contributed by atoms with Crippen molar-refractivity contribution in [1.29, 1.82) is 0 Å². The summed E-state index contributed by atoms with van der Waals surface area (Å²) >= 11 is 0. The molecule has 0 atom stereocenters. The lowest BCUT2D eigenvalue weighted by Gasteiger charge is -2.17. The smallest absolute Gasteiger partial charge is 0.230 e. The van der Waals surface area contributed by atoms with Crippen LogP contribution in [-0.2, 0) is 0 Å². The van der Waals surface area contributed by atoms with E-state index in [1.807, 2.05) is 24.3 Å². The quantitative estimate of drug-likeness (QED) is 0.821. The first kappa shape index (κ1) is 11.3. The van der Waals surface area contributed by atoms with E-state index in [1.54, 1.807) is 0 Å². The van der Waals surface area contributed by atoms with Crippen LogP contribution < -0.4 is 5.73 Å². The molecule has 1 heterocycles. The number of nitrogens with two attached hydrogens (primary N) is 1. The van der Waals surface area contributed by atoms with Gasteiger partial charge in [-0.25, -0.2) is 0 Å². The summed E-state index contributed by atoms with van der Waals surface area (Å²) in [6.07, 6.45) is 6.21. The van der Waals surface area contributed by atoms with E-state index in [0.29, 0.717) is 11.7 Å². The second-order valence-electron chi connectivity index (χ2n) is 4.91. The summed E-state index contributed by atoms with van der Waals surface area (Å²) in [5, 5.41) is 4.06. The van der Waals surface area contributed by atoms with E-state index >= 15 is 0 Å². The summed E-state index contributed by atoms with van der Waals surface area (Å²) in [6.45, 7) is 0. The largest absolute Gasteiger partial charge is 0.399 e. The summed E-state index contributed by atoms with van der Waals surface area (Å²) < 4.78 is 5.40. The van der Waals surface area contributed by atoms with Gasteiger partial charge < -0.3 is 10.3 Å². The highest BCUT2D eigenvalue weighted by Gasteiger charge is 2.21. The summed E-state index contributed by atoms with van der Waals surface area (Å²) in [5.74, 6) is 1.91. The maximum atomic E-state index is 5.66.